The predicted molar refractivity (Wildman–Crippen MR) is 86.9 cm³/mol. The quantitative estimate of drug-likeness (QED) is 0.576. The lowest BCUT2D eigenvalue weighted by atomic mass is 10.0. The van der Waals surface area contributed by atoms with Crippen LogP contribution in [0.2, 0.25) is 0 Å². The minimum absolute atomic E-state index is 0.00360. The molecule has 0 bridgehead atoms. The van der Waals surface area contributed by atoms with Crippen molar-refractivity contribution in [2.45, 2.75) is 24.7 Å². The molecule has 2 atom stereocenters. The number of nitrogens with one attached hydrogen (secondary N) is 1. The number of alkyl carbamates (subject to hydrolysis) is 1. The van der Waals surface area contributed by atoms with E-state index < -0.39 is 32.3 Å². The Balaban J connectivity index is 1.83. The third-order valence-electron chi connectivity index (χ3n) is 3.68. The van der Waals surface area contributed by atoms with Gasteiger partial charge in [-0.25, -0.2) is 13.2 Å². The Bertz CT molecular complexity index is 678. The van der Waals surface area contributed by atoms with Gasteiger partial charge in [-0.3, -0.25) is 4.79 Å². The molecule has 7 nitrogen and oxygen atoms in total. The zero-order valence-electron chi connectivity index (χ0n) is 12.8. The zero-order chi connectivity index (χ0) is 17.6. The van der Waals surface area contributed by atoms with E-state index in [-0.39, 0.29) is 26.2 Å². The van der Waals surface area contributed by atoms with E-state index in [0.29, 0.717) is 6.42 Å². The van der Waals surface area contributed by atoms with Gasteiger partial charge in [0, 0.05) is 17.2 Å². The van der Waals surface area contributed by atoms with Crippen molar-refractivity contribution in [3.8, 4) is 0 Å². The lowest BCUT2D eigenvalue weighted by Crippen LogP contribution is -2.37. The predicted octanol–water partition coefficient (Wildman–Crippen LogP) is 1.80. The maximum absolute atomic E-state index is 11.7. The molecule has 0 saturated carbocycles. The second kappa shape index (κ2) is 8.34. The average Bonchev–Trinajstić information content (AvgIpc) is 2.94. The molecule has 2 unspecified atom stereocenters. The van der Waals surface area contributed by atoms with Crippen LogP contribution >= 0.6 is 10.7 Å². The van der Waals surface area contributed by atoms with Crippen molar-refractivity contribution < 1.29 is 27.5 Å². The van der Waals surface area contributed by atoms with Gasteiger partial charge in [-0.1, -0.05) is 30.3 Å². The molecule has 1 amide bonds. The molecule has 1 heterocycles. The van der Waals surface area contributed by atoms with Crippen molar-refractivity contribution in [2.24, 2.45) is 5.92 Å². The van der Waals surface area contributed by atoms with E-state index in [1.54, 1.807) is 12.1 Å². The fourth-order valence-electron chi connectivity index (χ4n) is 2.34. The van der Waals surface area contributed by atoms with Crippen molar-refractivity contribution in [2.75, 3.05) is 13.2 Å². The third-order valence-corrected chi connectivity index (χ3v) is 5.59. The molecule has 2 rings (SSSR count). The average molecular weight is 376 g/mol. The summed E-state index contributed by atoms with van der Waals surface area (Å²) < 4.78 is 33.1. The van der Waals surface area contributed by atoms with Gasteiger partial charge in [-0.2, -0.15) is 0 Å². The van der Waals surface area contributed by atoms with E-state index in [4.69, 9.17) is 20.2 Å². The molecule has 1 aromatic rings. The number of rotatable bonds is 7. The summed E-state index contributed by atoms with van der Waals surface area (Å²) >= 11 is 0. The number of carbonyl (C=O) groups is 2. The number of amides is 1. The number of hydrogen-bond donors (Lipinski definition) is 1. The van der Waals surface area contributed by atoms with E-state index in [1.807, 2.05) is 18.2 Å². The smallest absolute Gasteiger partial charge is 0.407 e. The van der Waals surface area contributed by atoms with Crippen LogP contribution in [0.1, 0.15) is 18.4 Å². The molecule has 1 aliphatic rings. The molecule has 1 fully saturated rings. The Morgan fingerprint density at radius 1 is 1.38 bits per heavy atom. The first-order valence-corrected chi connectivity index (χ1v) is 9.78. The van der Waals surface area contributed by atoms with Gasteiger partial charge >= 0.3 is 12.1 Å². The van der Waals surface area contributed by atoms with Gasteiger partial charge in [-0.15, -0.1) is 0 Å². The number of halogens is 1. The summed E-state index contributed by atoms with van der Waals surface area (Å²) in [5.41, 5.74) is 0.808. The van der Waals surface area contributed by atoms with Crippen molar-refractivity contribution in [1.82, 2.24) is 5.32 Å². The van der Waals surface area contributed by atoms with Crippen LogP contribution in [0.5, 0.6) is 0 Å². The number of cyclic esters (lactones) is 1. The van der Waals surface area contributed by atoms with Crippen molar-refractivity contribution >= 4 is 31.8 Å². The highest BCUT2D eigenvalue weighted by atomic mass is 35.7. The molecule has 0 aromatic heterocycles. The Morgan fingerprint density at radius 2 is 2.08 bits per heavy atom. The molecule has 9 heteroatoms. The van der Waals surface area contributed by atoms with Crippen LogP contribution in [0.25, 0.3) is 0 Å². The Kier molecular flexibility index (Phi) is 6.44. The number of ether oxygens (including phenoxy) is 2. The summed E-state index contributed by atoms with van der Waals surface area (Å²) in [6.07, 6.45) is -0.303. The molecule has 24 heavy (non-hydrogen) atoms. The second-order valence-corrected chi connectivity index (χ2v) is 8.34. The van der Waals surface area contributed by atoms with Gasteiger partial charge in [0.1, 0.15) is 6.61 Å². The first kappa shape index (κ1) is 18.5. The second-order valence-electron chi connectivity index (χ2n) is 5.43. The SMILES string of the molecule is O=C(NCC(CC1CCOC1=O)S(=O)(=O)Cl)OCc1ccccc1. The Hall–Kier alpha value is -1.80. The maximum Gasteiger partial charge on any atom is 0.407 e. The molecule has 1 N–H and O–H groups in total. The molecule has 132 valence electrons. The number of esters is 1. The molecular formula is C15H18ClNO6S. The van der Waals surface area contributed by atoms with Crippen molar-refractivity contribution in [3.63, 3.8) is 0 Å². The first-order valence-electron chi connectivity index (χ1n) is 7.41. The molecule has 1 saturated heterocycles. The highest BCUT2D eigenvalue weighted by molar-refractivity contribution is 8.14. The van der Waals surface area contributed by atoms with Gasteiger partial charge < -0.3 is 14.8 Å². The zero-order valence-corrected chi connectivity index (χ0v) is 14.4. The highest BCUT2D eigenvalue weighted by Gasteiger charge is 2.34. The van der Waals surface area contributed by atoms with E-state index in [2.05, 4.69) is 5.32 Å². The molecule has 0 spiro atoms. The maximum atomic E-state index is 11.7. The summed E-state index contributed by atoms with van der Waals surface area (Å²) in [5, 5.41) is 1.29. The lowest BCUT2D eigenvalue weighted by molar-refractivity contribution is -0.141. The monoisotopic (exact) mass is 375 g/mol. The van der Waals surface area contributed by atoms with E-state index in [9.17, 15) is 18.0 Å². The van der Waals surface area contributed by atoms with Gasteiger partial charge in [0.15, 0.2) is 0 Å². The van der Waals surface area contributed by atoms with Gasteiger partial charge in [0.2, 0.25) is 9.05 Å². The van der Waals surface area contributed by atoms with Crippen molar-refractivity contribution in [3.05, 3.63) is 35.9 Å². The molecular weight excluding hydrogens is 358 g/mol. The van der Waals surface area contributed by atoms with Crippen LogP contribution in [0.15, 0.2) is 30.3 Å². The van der Waals surface area contributed by atoms with Crippen LogP contribution < -0.4 is 5.32 Å². The number of hydrogen-bond acceptors (Lipinski definition) is 6. The van der Waals surface area contributed by atoms with Crippen molar-refractivity contribution in [1.29, 1.82) is 0 Å². The van der Waals surface area contributed by atoms with Gasteiger partial charge in [0.05, 0.1) is 17.8 Å². The fourth-order valence-corrected chi connectivity index (χ4v) is 3.49. The van der Waals surface area contributed by atoms with E-state index in [0.717, 1.165) is 5.56 Å². The number of carbonyl (C=O) groups excluding carboxylic acids is 2. The Morgan fingerprint density at radius 3 is 2.67 bits per heavy atom. The topological polar surface area (TPSA) is 98.8 Å². The van der Waals surface area contributed by atoms with Gasteiger partial charge in [-0.05, 0) is 18.4 Å². The first-order chi connectivity index (χ1) is 11.4. The summed E-state index contributed by atoms with van der Waals surface area (Å²) in [5.74, 6) is -0.961. The Labute approximate surface area is 144 Å². The fraction of sp³-hybridized carbons (Fsp3) is 0.467. The summed E-state index contributed by atoms with van der Waals surface area (Å²) in [6, 6.07) is 9.06. The minimum Gasteiger partial charge on any atom is -0.465 e. The van der Waals surface area contributed by atoms with Crippen LogP contribution in [-0.4, -0.2) is 38.9 Å². The summed E-state index contributed by atoms with van der Waals surface area (Å²) in [6.45, 7) is 0.105. The van der Waals surface area contributed by atoms with Crippen LogP contribution in [0.3, 0.4) is 0 Å². The normalized spacial score (nSPS) is 18.7. The summed E-state index contributed by atoms with van der Waals surface area (Å²) in [7, 11) is 1.47. The molecule has 0 radical (unpaired) electrons. The standard InChI is InChI=1S/C15H18ClNO6S/c16-24(20,21)13(8-12-6-7-22-14(12)18)9-17-15(19)23-10-11-4-2-1-3-5-11/h1-5,12-13H,6-10H2,(H,17,19). The number of benzene rings is 1. The van der Waals surface area contributed by atoms with Gasteiger partial charge in [0.25, 0.3) is 0 Å². The molecule has 1 aromatic carbocycles. The minimum atomic E-state index is -3.94. The summed E-state index contributed by atoms with van der Waals surface area (Å²) in [4.78, 5) is 23.1. The molecule has 1 aliphatic heterocycles. The van der Waals surface area contributed by atoms with E-state index in [1.165, 1.54) is 0 Å². The van der Waals surface area contributed by atoms with E-state index >= 15 is 0 Å². The third kappa shape index (κ3) is 5.68. The van der Waals surface area contributed by atoms with Crippen LogP contribution in [-0.2, 0) is 29.9 Å². The lowest BCUT2D eigenvalue weighted by Gasteiger charge is -2.16. The largest absolute Gasteiger partial charge is 0.465 e. The molecule has 0 aliphatic carbocycles. The van der Waals surface area contributed by atoms with Crippen LogP contribution in [0, 0.1) is 5.92 Å². The van der Waals surface area contributed by atoms with Crippen LogP contribution in [0.4, 0.5) is 4.79 Å². The highest BCUT2D eigenvalue weighted by Crippen LogP contribution is 2.24.